The molecule has 0 spiro atoms. The van der Waals surface area contributed by atoms with Crippen molar-refractivity contribution in [3.63, 3.8) is 0 Å². The van der Waals surface area contributed by atoms with Gasteiger partial charge in [0, 0.05) is 13.0 Å². The zero-order chi connectivity index (χ0) is 12.8. The molecular formula is C14H26N4. The lowest BCUT2D eigenvalue weighted by Gasteiger charge is -2.14. The lowest BCUT2D eigenvalue weighted by molar-refractivity contribution is 0.435. The molecule has 102 valence electrons. The minimum absolute atomic E-state index is 0.498. The summed E-state index contributed by atoms with van der Waals surface area (Å²) in [5.41, 5.74) is 5.73. The van der Waals surface area contributed by atoms with E-state index in [1.165, 1.54) is 38.5 Å². The zero-order valence-corrected chi connectivity index (χ0v) is 11.6. The molecule has 1 aliphatic carbocycles. The number of nitrogens with two attached hydrogens (primary N) is 1. The van der Waals surface area contributed by atoms with Gasteiger partial charge in [0.1, 0.15) is 11.6 Å². The average Bonchev–Trinajstić information content (AvgIpc) is 2.60. The van der Waals surface area contributed by atoms with Crippen LogP contribution in [0.2, 0.25) is 0 Å². The third-order valence-corrected chi connectivity index (χ3v) is 3.98. The first kappa shape index (κ1) is 13.5. The molecular weight excluding hydrogens is 224 g/mol. The highest BCUT2D eigenvalue weighted by Gasteiger charge is 2.17. The molecule has 1 heterocycles. The van der Waals surface area contributed by atoms with Crippen LogP contribution in [-0.2, 0) is 19.5 Å². The van der Waals surface area contributed by atoms with Crippen molar-refractivity contribution in [2.45, 2.75) is 71.4 Å². The van der Waals surface area contributed by atoms with E-state index in [0.717, 1.165) is 37.0 Å². The number of hydrogen-bond acceptors (Lipinski definition) is 3. The predicted molar refractivity (Wildman–Crippen MR) is 73.1 cm³/mol. The topological polar surface area (TPSA) is 56.7 Å². The normalized spacial score (nSPS) is 17.9. The molecule has 2 N–H and O–H groups in total. The first-order chi connectivity index (χ1) is 8.85. The SMILES string of the molecule is CCCn1c(CN)nnc1CC1CCCCCC1. The van der Waals surface area contributed by atoms with Gasteiger partial charge in [0.05, 0.1) is 6.54 Å². The molecule has 0 aliphatic heterocycles. The van der Waals surface area contributed by atoms with Gasteiger partial charge in [-0.3, -0.25) is 0 Å². The van der Waals surface area contributed by atoms with Crippen LogP contribution in [0.1, 0.15) is 63.5 Å². The summed E-state index contributed by atoms with van der Waals surface area (Å²) in [4.78, 5) is 0. The van der Waals surface area contributed by atoms with Gasteiger partial charge in [-0.15, -0.1) is 10.2 Å². The molecule has 0 unspecified atom stereocenters. The minimum atomic E-state index is 0.498. The Morgan fingerprint density at radius 1 is 1.11 bits per heavy atom. The van der Waals surface area contributed by atoms with Gasteiger partial charge in [-0.25, -0.2) is 0 Å². The fraction of sp³-hybridized carbons (Fsp3) is 0.857. The lowest BCUT2D eigenvalue weighted by atomic mass is 9.96. The minimum Gasteiger partial charge on any atom is -0.324 e. The summed E-state index contributed by atoms with van der Waals surface area (Å²) in [6.45, 7) is 3.69. The molecule has 18 heavy (non-hydrogen) atoms. The van der Waals surface area contributed by atoms with E-state index < -0.39 is 0 Å². The molecule has 1 saturated carbocycles. The summed E-state index contributed by atoms with van der Waals surface area (Å²) < 4.78 is 2.24. The monoisotopic (exact) mass is 250 g/mol. The Labute approximate surface area is 110 Å². The van der Waals surface area contributed by atoms with E-state index in [2.05, 4.69) is 21.7 Å². The molecule has 4 heteroatoms. The largest absolute Gasteiger partial charge is 0.324 e. The van der Waals surface area contributed by atoms with Crippen LogP contribution < -0.4 is 5.73 Å². The number of nitrogens with zero attached hydrogens (tertiary/aromatic N) is 3. The Hall–Kier alpha value is -0.900. The van der Waals surface area contributed by atoms with E-state index in [-0.39, 0.29) is 0 Å². The highest BCUT2D eigenvalue weighted by atomic mass is 15.3. The van der Waals surface area contributed by atoms with Gasteiger partial charge in [-0.2, -0.15) is 0 Å². The summed E-state index contributed by atoms with van der Waals surface area (Å²) in [5, 5.41) is 8.59. The molecule has 0 radical (unpaired) electrons. The van der Waals surface area contributed by atoms with Crippen molar-refractivity contribution in [2.75, 3.05) is 0 Å². The number of aromatic nitrogens is 3. The highest BCUT2D eigenvalue weighted by molar-refractivity contribution is 4.97. The van der Waals surface area contributed by atoms with Gasteiger partial charge in [-0.1, -0.05) is 45.4 Å². The second kappa shape index (κ2) is 6.88. The molecule has 0 atom stereocenters. The van der Waals surface area contributed by atoms with Crippen molar-refractivity contribution >= 4 is 0 Å². The maximum Gasteiger partial charge on any atom is 0.146 e. The van der Waals surface area contributed by atoms with E-state index in [1.807, 2.05) is 0 Å². The van der Waals surface area contributed by atoms with Crippen molar-refractivity contribution in [2.24, 2.45) is 11.7 Å². The predicted octanol–water partition coefficient (Wildman–Crippen LogP) is 2.66. The summed E-state index contributed by atoms with van der Waals surface area (Å²) in [6.07, 6.45) is 10.5. The Balaban J connectivity index is 2.04. The summed E-state index contributed by atoms with van der Waals surface area (Å²) in [6, 6.07) is 0. The van der Waals surface area contributed by atoms with Gasteiger partial charge in [0.2, 0.25) is 0 Å². The second-order valence-corrected chi connectivity index (χ2v) is 5.45. The van der Waals surface area contributed by atoms with Crippen molar-refractivity contribution < 1.29 is 0 Å². The van der Waals surface area contributed by atoms with E-state index in [4.69, 9.17) is 5.73 Å². The fourth-order valence-corrected chi connectivity index (χ4v) is 2.98. The average molecular weight is 250 g/mol. The standard InChI is InChI=1S/C14H26N4/c1-2-9-18-13(16-17-14(18)11-15)10-12-7-5-3-4-6-8-12/h12H,2-11,15H2,1H3. The van der Waals surface area contributed by atoms with Crippen molar-refractivity contribution in [1.82, 2.24) is 14.8 Å². The van der Waals surface area contributed by atoms with Crippen LogP contribution in [0.15, 0.2) is 0 Å². The van der Waals surface area contributed by atoms with Crippen LogP contribution in [0.3, 0.4) is 0 Å². The smallest absolute Gasteiger partial charge is 0.146 e. The summed E-state index contributed by atoms with van der Waals surface area (Å²) in [5.74, 6) is 2.91. The Morgan fingerprint density at radius 2 is 1.78 bits per heavy atom. The van der Waals surface area contributed by atoms with Crippen LogP contribution in [0.4, 0.5) is 0 Å². The molecule has 1 fully saturated rings. The van der Waals surface area contributed by atoms with Crippen LogP contribution >= 0.6 is 0 Å². The first-order valence-electron chi connectivity index (χ1n) is 7.46. The second-order valence-electron chi connectivity index (χ2n) is 5.45. The quantitative estimate of drug-likeness (QED) is 0.817. The molecule has 0 saturated heterocycles. The van der Waals surface area contributed by atoms with E-state index >= 15 is 0 Å². The first-order valence-corrected chi connectivity index (χ1v) is 7.46. The molecule has 4 nitrogen and oxygen atoms in total. The maximum atomic E-state index is 5.73. The Kier molecular flexibility index (Phi) is 5.17. The summed E-state index contributed by atoms with van der Waals surface area (Å²) in [7, 11) is 0. The third-order valence-electron chi connectivity index (χ3n) is 3.98. The fourth-order valence-electron chi connectivity index (χ4n) is 2.98. The van der Waals surface area contributed by atoms with Crippen molar-refractivity contribution in [3.05, 3.63) is 11.6 Å². The molecule has 1 aliphatic rings. The molecule has 1 aromatic rings. The van der Waals surface area contributed by atoms with Crippen LogP contribution in [0, 0.1) is 5.92 Å². The van der Waals surface area contributed by atoms with E-state index in [0.29, 0.717) is 6.54 Å². The molecule has 0 amide bonds. The van der Waals surface area contributed by atoms with Crippen LogP contribution in [0.5, 0.6) is 0 Å². The van der Waals surface area contributed by atoms with E-state index in [9.17, 15) is 0 Å². The number of rotatable bonds is 5. The lowest BCUT2D eigenvalue weighted by Crippen LogP contribution is -2.14. The van der Waals surface area contributed by atoms with Gasteiger partial charge >= 0.3 is 0 Å². The number of hydrogen-bond donors (Lipinski definition) is 1. The maximum absolute atomic E-state index is 5.73. The van der Waals surface area contributed by atoms with Crippen molar-refractivity contribution in [3.8, 4) is 0 Å². The van der Waals surface area contributed by atoms with Crippen LogP contribution in [-0.4, -0.2) is 14.8 Å². The van der Waals surface area contributed by atoms with Gasteiger partial charge in [0.25, 0.3) is 0 Å². The molecule has 2 rings (SSSR count). The molecule has 0 aromatic carbocycles. The van der Waals surface area contributed by atoms with Gasteiger partial charge in [0.15, 0.2) is 0 Å². The van der Waals surface area contributed by atoms with Gasteiger partial charge in [-0.05, 0) is 12.3 Å². The highest BCUT2D eigenvalue weighted by Crippen LogP contribution is 2.25. The van der Waals surface area contributed by atoms with E-state index in [1.54, 1.807) is 0 Å². The summed E-state index contributed by atoms with van der Waals surface area (Å²) >= 11 is 0. The van der Waals surface area contributed by atoms with Crippen molar-refractivity contribution in [1.29, 1.82) is 0 Å². The third kappa shape index (κ3) is 3.31. The van der Waals surface area contributed by atoms with Gasteiger partial charge < -0.3 is 10.3 Å². The Bertz CT molecular complexity index is 351. The molecule has 1 aromatic heterocycles. The zero-order valence-electron chi connectivity index (χ0n) is 11.6. The van der Waals surface area contributed by atoms with Crippen LogP contribution in [0.25, 0.3) is 0 Å². The Morgan fingerprint density at radius 3 is 2.39 bits per heavy atom. The molecule has 0 bridgehead atoms.